The zero-order valence-corrected chi connectivity index (χ0v) is 15.7. The van der Waals surface area contributed by atoms with Crippen molar-refractivity contribution in [3.05, 3.63) is 65.2 Å². The van der Waals surface area contributed by atoms with Gasteiger partial charge in [-0.2, -0.15) is 0 Å². The van der Waals surface area contributed by atoms with Gasteiger partial charge < -0.3 is 9.47 Å². The summed E-state index contributed by atoms with van der Waals surface area (Å²) in [5, 5.41) is 0. The molecule has 0 bridgehead atoms. The van der Waals surface area contributed by atoms with Gasteiger partial charge in [-0.15, -0.1) is 0 Å². The van der Waals surface area contributed by atoms with E-state index in [0.29, 0.717) is 13.1 Å². The molecular weight excluding hydrogens is 314 g/mol. The van der Waals surface area contributed by atoms with Crippen LogP contribution in [0.5, 0.6) is 5.75 Å². The first-order chi connectivity index (χ1) is 11.8. The maximum absolute atomic E-state index is 12.6. The largest absolute Gasteiger partial charge is 0.497 e. The third-order valence-electron chi connectivity index (χ3n) is 3.68. The minimum absolute atomic E-state index is 0.316. The number of rotatable bonds is 5. The van der Waals surface area contributed by atoms with Crippen molar-refractivity contribution in [3.8, 4) is 5.75 Å². The number of carbonyl (C=O) groups excluding carboxylic acids is 1. The van der Waals surface area contributed by atoms with E-state index in [-0.39, 0.29) is 6.09 Å². The van der Waals surface area contributed by atoms with Crippen LogP contribution in [0, 0.1) is 6.92 Å². The molecule has 0 unspecified atom stereocenters. The van der Waals surface area contributed by atoms with E-state index >= 15 is 0 Å². The SMILES string of the molecule is COc1ccc(CN(Cc2ccc(C)cc2)C(=O)OC(C)(C)C)cc1. The topological polar surface area (TPSA) is 38.8 Å². The van der Waals surface area contributed by atoms with E-state index in [4.69, 9.17) is 9.47 Å². The molecule has 0 radical (unpaired) electrons. The number of nitrogens with zero attached hydrogens (tertiary/aromatic N) is 1. The molecular formula is C21H27NO3. The zero-order chi connectivity index (χ0) is 18.4. The summed E-state index contributed by atoms with van der Waals surface area (Å²) in [7, 11) is 1.64. The van der Waals surface area contributed by atoms with Crippen molar-refractivity contribution < 1.29 is 14.3 Å². The van der Waals surface area contributed by atoms with Crippen molar-refractivity contribution in [2.75, 3.05) is 7.11 Å². The lowest BCUT2D eigenvalue weighted by atomic mass is 10.1. The van der Waals surface area contributed by atoms with E-state index in [1.165, 1.54) is 5.56 Å². The van der Waals surface area contributed by atoms with Crippen molar-refractivity contribution >= 4 is 6.09 Å². The lowest BCUT2D eigenvalue weighted by Crippen LogP contribution is -2.36. The Kier molecular flexibility index (Phi) is 6.07. The van der Waals surface area contributed by atoms with Gasteiger partial charge in [-0.05, 0) is 51.0 Å². The van der Waals surface area contributed by atoms with E-state index in [1.807, 2.05) is 64.1 Å². The predicted octanol–water partition coefficient (Wildman–Crippen LogP) is 4.94. The van der Waals surface area contributed by atoms with Crippen molar-refractivity contribution in [3.63, 3.8) is 0 Å². The first-order valence-electron chi connectivity index (χ1n) is 8.43. The molecule has 0 heterocycles. The molecule has 0 aliphatic rings. The molecule has 4 nitrogen and oxygen atoms in total. The Morgan fingerprint density at radius 1 is 0.920 bits per heavy atom. The molecule has 0 atom stereocenters. The smallest absolute Gasteiger partial charge is 0.410 e. The highest BCUT2D eigenvalue weighted by molar-refractivity contribution is 5.68. The summed E-state index contributed by atoms with van der Waals surface area (Å²) >= 11 is 0. The summed E-state index contributed by atoms with van der Waals surface area (Å²) in [6, 6.07) is 15.9. The van der Waals surface area contributed by atoms with E-state index in [2.05, 4.69) is 12.1 Å². The van der Waals surface area contributed by atoms with Crippen LogP contribution in [0.15, 0.2) is 48.5 Å². The number of aryl methyl sites for hydroxylation is 1. The van der Waals surface area contributed by atoms with Gasteiger partial charge in [0.05, 0.1) is 7.11 Å². The fourth-order valence-corrected chi connectivity index (χ4v) is 2.38. The van der Waals surface area contributed by atoms with Crippen molar-refractivity contribution in [2.45, 2.75) is 46.4 Å². The zero-order valence-electron chi connectivity index (χ0n) is 15.7. The van der Waals surface area contributed by atoms with E-state index in [0.717, 1.165) is 16.9 Å². The molecule has 2 aromatic rings. The van der Waals surface area contributed by atoms with Gasteiger partial charge in [0.15, 0.2) is 0 Å². The van der Waals surface area contributed by atoms with Gasteiger partial charge >= 0.3 is 6.09 Å². The first kappa shape index (κ1) is 18.8. The molecule has 0 aliphatic carbocycles. The van der Waals surface area contributed by atoms with Crippen LogP contribution in [0.3, 0.4) is 0 Å². The highest BCUT2D eigenvalue weighted by Crippen LogP contribution is 2.18. The Balaban J connectivity index is 2.17. The second-order valence-corrected chi connectivity index (χ2v) is 7.17. The van der Waals surface area contributed by atoms with Gasteiger partial charge in [0, 0.05) is 13.1 Å². The molecule has 2 aromatic carbocycles. The van der Waals surface area contributed by atoms with E-state index in [1.54, 1.807) is 12.0 Å². The molecule has 0 aromatic heterocycles. The van der Waals surface area contributed by atoms with Crippen LogP contribution >= 0.6 is 0 Å². The lowest BCUT2D eigenvalue weighted by Gasteiger charge is -2.27. The number of carbonyl (C=O) groups is 1. The predicted molar refractivity (Wildman–Crippen MR) is 99.7 cm³/mol. The van der Waals surface area contributed by atoms with Crippen LogP contribution in [0.4, 0.5) is 4.79 Å². The van der Waals surface area contributed by atoms with Gasteiger partial charge in [-0.1, -0.05) is 42.0 Å². The van der Waals surface area contributed by atoms with Gasteiger partial charge in [0.25, 0.3) is 0 Å². The van der Waals surface area contributed by atoms with Gasteiger partial charge in [-0.3, -0.25) is 4.90 Å². The summed E-state index contributed by atoms with van der Waals surface area (Å²) in [6.45, 7) is 8.66. The molecule has 0 spiro atoms. The molecule has 0 saturated carbocycles. The second kappa shape index (κ2) is 8.06. The van der Waals surface area contributed by atoms with Crippen molar-refractivity contribution in [1.29, 1.82) is 0 Å². The normalized spacial score (nSPS) is 11.1. The maximum Gasteiger partial charge on any atom is 0.410 e. The molecule has 25 heavy (non-hydrogen) atoms. The van der Waals surface area contributed by atoms with Crippen molar-refractivity contribution in [2.24, 2.45) is 0 Å². The maximum atomic E-state index is 12.6. The van der Waals surface area contributed by atoms with Crippen LogP contribution < -0.4 is 4.74 Å². The molecule has 1 amide bonds. The summed E-state index contributed by atoms with van der Waals surface area (Å²) < 4.78 is 10.8. The Hall–Kier alpha value is -2.49. The van der Waals surface area contributed by atoms with Gasteiger partial charge in [0.2, 0.25) is 0 Å². The Labute approximate surface area is 150 Å². The monoisotopic (exact) mass is 341 g/mol. The standard InChI is InChI=1S/C21H27NO3/c1-16-6-8-17(9-7-16)14-22(20(23)25-21(2,3)4)15-18-10-12-19(24-5)13-11-18/h6-13H,14-15H2,1-5H3. The lowest BCUT2D eigenvalue weighted by molar-refractivity contribution is 0.0216. The average molecular weight is 341 g/mol. The highest BCUT2D eigenvalue weighted by atomic mass is 16.6. The molecule has 0 fully saturated rings. The van der Waals surface area contributed by atoms with E-state index < -0.39 is 5.60 Å². The van der Waals surface area contributed by atoms with Gasteiger partial charge in [0.1, 0.15) is 11.4 Å². The number of ether oxygens (including phenoxy) is 2. The van der Waals surface area contributed by atoms with Crippen LogP contribution in [0.1, 0.15) is 37.5 Å². The Bertz CT molecular complexity index is 685. The molecule has 0 saturated heterocycles. The molecule has 134 valence electrons. The second-order valence-electron chi connectivity index (χ2n) is 7.17. The first-order valence-corrected chi connectivity index (χ1v) is 8.43. The Morgan fingerprint density at radius 2 is 1.40 bits per heavy atom. The summed E-state index contributed by atoms with van der Waals surface area (Å²) in [4.78, 5) is 14.4. The number of hydrogen-bond acceptors (Lipinski definition) is 3. The quantitative estimate of drug-likeness (QED) is 0.773. The fourth-order valence-electron chi connectivity index (χ4n) is 2.38. The van der Waals surface area contributed by atoms with Gasteiger partial charge in [-0.25, -0.2) is 4.79 Å². The van der Waals surface area contributed by atoms with E-state index in [9.17, 15) is 4.79 Å². The third kappa shape index (κ3) is 6.14. The average Bonchev–Trinajstić information content (AvgIpc) is 2.55. The summed E-state index contributed by atoms with van der Waals surface area (Å²) in [5.41, 5.74) is 2.77. The fraction of sp³-hybridized carbons (Fsp3) is 0.381. The minimum atomic E-state index is -0.525. The highest BCUT2D eigenvalue weighted by Gasteiger charge is 2.22. The summed E-state index contributed by atoms with van der Waals surface area (Å²) in [5.74, 6) is 0.797. The number of benzene rings is 2. The van der Waals surface area contributed by atoms with Crippen LogP contribution in [-0.4, -0.2) is 23.7 Å². The molecule has 0 aliphatic heterocycles. The number of methoxy groups -OCH3 is 1. The Morgan fingerprint density at radius 3 is 1.84 bits per heavy atom. The summed E-state index contributed by atoms with van der Waals surface area (Å²) in [6.07, 6.45) is -0.316. The molecule has 0 N–H and O–H groups in total. The number of hydrogen-bond donors (Lipinski definition) is 0. The van der Waals surface area contributed by atoms with Crippen LogP contribution in [-0.2, 0) is 17.8 Å². The molecule has 2 rings (SSSR count). The minimum Gasteiger partial charge on any atom is -0.497 e. The van der Waals surface area contributed by atoms with Crippen LogP contribution in [0.25, 0.3) is 0 Å². The third-order valence-corrected chi connectivity index (χ3v) is 3.68. The van der Waals surface area contributed by atoms with Crippen LogP contribution in [0.2, 0.25) is 0 Å². The molecule has 4 heteroatoms. The van der Waals surface area contributed by atoms with Crippen molar-refractivity contribution in [1.82, 2.24) is 4.90 Å². The number of amides is 1.